The Morgan fingerprint density at radius 2 is 1.95 bits per heavy atom. The van der Waals surface area contributed by atoms with Gasteiger partial charge in [-0.2, -0.15) is 0 Å². The average Bonchev–Trinajstić information content (AvgIpc) is 2.41. The zero-order valence-electron chi connectivity index (χ0n) is 10.8. The van der Waals surface area contributed by atoms with Crippen LogP contribution < -0.4 is 15.6 Å². The molecule has 0 aliphatic heterocycles. The Morgan fingerprint density at radius 1 is 1.20 bits per heavy atom. The first-order valence-electron chi connectivity index (χ1n) is 6.15. The van der Waals surface area contributed by atoms with Crippen molar-refractivity contribution in [1.82, 2.24) is 9.97 Å². The van der Waals surface area contributed by atoms with Crippen LogP contribution >= 0.6 is 8.25 Å². The van der Waals surface area contributed by atoms with E-state index in [1.54, 1.807) is 12.1 Å². The van der Waals surface area contributed by atoms with Crippen LogP contribution in [0.2, 0.25) is 0 Å². The van der Waals surface area contributed by atoms with Crippen molar-refractivity contribution >= 4 is 19.3 Å². The monoisotopic (exact) mass is 297 g/mol. The van der Waals surface area contributed by atoms with Crippen LogP contribution in [0.15, 0.2) is 27.8 Å². The highest BCUT2D eigenvalue weighted by molar-refractivity contribution is 7.33. The van der Waals surface area contributed by atoms with E-state index in [4.69, 9.17) is 9.05 Å². The number of aromatic nitrogens is 2. The number of H-pyrrole nitrogens is 2. The Morgan fingerprint density at radius 3 is 2.70 bits per heavy atom. The van der Waals surface area contributed by atoms with Crippen molar-refractivity contribution in [3.05, 3.63) is 38.9 Å². The van der Waals surface area contributed by atoms with Gasteiger partial charge in [0.2, 0.25) is 5.75 Å². The first-order chi connectivity index (χ1) is 9.61. The highest BCUT2D eigenvalue weighted by Crippen LogP contribution is 2.31. The van der Waals surface area contributed by atoms with E-state index in [0.29, 0.717) is 12.1 Å². The SMILES string of the molecule is CCCCO[P+](=O)Oc1cccc2[nH]c(=O)c(=O)[nH]c12. The number of hydrogen-bond acceptors (Lipinski definition) is 5. The Bertz CT molecular complexity index is 736. The molecule has 0 amide bonds. The lowest BCUT2D eigenvalue weighted by Crippen LogP contribution is -2.28. The van der Waals surface area contributed by atoms with Crippen LogP contribution in [0.4, 0.5) is 0 Å². The molecule has 0 saturated heterocycles. The molecule has 0 fully saturated rings. The summed E-state index contributed by atoms with van der Waals surface area (Å²) in [5, 5.41) is 0. The molecule has 2 aromatic rings. The average molecular weight is 297 g/mol. The summed E-state index contributed by atoms with van der Waals surface area (Å²) in [5.74, 6) is 0.188. The lowest BCUT2D eigenvalue weighted by Gasteiger charge is -1.99. The van der Waals surface area contributed by atoms with E-state index in [1.165, 1.54) is 6.07 Å². The Labute approximate surface area is 114 Å². The third kappa shape index (κ3) is 3.31. The standard InChI is InChI=1S/C12H13N2O5P/c1-2-3-7-18-20(17)19-9-6-4-5-8-10(9)14-12(16)11(15)13-8/h4-6H,2-3,7H2,1H3,(H-,13,14,15,16)/p+1. The Balaban J connectivity index is 2.26. The summed E-state index contributed by atoms with van der Waals surface area (Å²) in [5.41, 5.74) is -0.877. The molecule has 2 N–H and O–H groups in total. The van der Waals surface area contributed by atoms with Gasteiger partial charge in [-0.05, 0) is 18.6 Å². The molecule has 0 aliphatic carbocycles. The summed E-state index contributed by atoms with van der Waals surface area (Å²) in [6, 6.07) is 4.75. The number of para-hydroxylation sites is 1. The van der Waals surface area contributed by atoms with Gasteiger partial charge >= 0.3 is 19.4 Å². The van der Waals surface area contributed by atoms with Crippen LogP contribution in [0.25, 0.3) is 11.0 Å². The molecule has 1 aromatic heterocycles. The van der Waals surface area contributed by atoms with Gasteiger partial charge in [0.1, 0.15) is 12.1 Å². The maximum absolute atomic E-state index is 11.6. The van der Waals surface area contributed by atoms with Gasteiger partial charge in [-0.1, -0.05) is 19.4 Å². The van der Waals surface area contributed by atoms with Crippen LogP contribution in [0, 0.1) is 0 Å². The van der Waals surface area contributed by atoms with E-state index in [9.17, 15) is 14.2 Å². The minimum absolute atomic E-state index is 0.188. The summed E-state index contributed by atoms with van der Waals surface area (Å²) in [4.78, 5) is 27.3. The van der Waals surface area contributed by atoms with E-state index in [0.717, 1.165) is 12.8 Å². The maximum Gasteiger partial charge on any atom is 0.750 e. The van der Waals surface area contributed by atoms with E-state index in [2.05, 4.69) is 9.97 Å². The van der Waals surface area contributed by atoms with Gasteiger partial charge in [0.15, 0.2) is 0 Å². The minimum Gasteiger partial charge on any atom is -0.316 e. The lowest BCUT2D eigenvalue weighted by molar-refractivity contribution is 0.281. The maximum atomic E-state index is 11.6. The van der Waals surface area contributed by atoms with Crippen molar-refractivity contribution in [3.8, 4) is 5.75 Å². The van der Waals surface area contributed by atoms with Crippen molar-refractivity contribution in [1.29, 1.82) is 0 Å². The topological polar surface area (TPSA) is 101 Å². The molecule has 0 aliphatic rings. The van der Waals surface area contributed by atoms with Gasteiger partial charge in [-0.25, -0.2) is 4.52 Å². The quantitative estimate of drug-likeness (QED) is 0.483. The molecule has 20 heavy (non-hydrogen) atoms. The molecular formula is C12H14N2O5P+. The number of rotatable bonds is 6. The molecule has 106 valence electrons. The molecule has 2 rings (SSSR count). The second-order valence-electron chi connectivity index (χ2n) is 4.09. The number of hydrogen-bond donors (Lipinski definition) is 2. The fraction of sp³-hybridized carbons (Fsp3) is 0.333. The smallest absolute Gasteiger partial charge is 0.316 e. The predicted molar refractivity (Wildman–Crippen MR) is 74.3 cm³/mol. The predicted octanol–water partition coefficient (Wildman–Crippen LogP) is 2.07. The van der Waals surface area contributed by atoms with E-state index < -0.39 is 19.4 Å². The van der Waals surface area contributed by atoms with Crippen LogP contribution in [-0.2, 0) is 9.09 Å². The summed E-state index contributed by atoms with van der Waals surface area (Å²) in [7, 11) is -2.32. The second-order valence-corrected chi connectivity index (χ2v) is 4.98. The number of aromatic amines is 2. The fourth-order valence-corrected chi connectivity index (χ4v) is 2.22. The summed E-state index contributed by atoms with van der Waals surface area (Å²) in [6.45, 7) is 2.33. The van der Waals surface area contributed by atoms with Gasteiger partial charge < -0.3 is 9.97 Å². The zero-order valence-corrected chi connectivity index (χ0v) is 11.7. The van der Waals surface area contributed by atoms with Crippen LogP contribution in [-0.4, -0.2) is 16.6 Å². The third-order valence-electron chi connectivity index (χ3n) is 2.59. The normalized spacial score (nSPS) is 11.6. The molecule has 7 nitrogen and oxygen atoms in total. The summed E-state index contributed by atoms with van der Waals surface area (Å²) < 4.78 is 21.8. The summed E-state index contributed by atoms with van der Waals surface area (Å²) >= 11 is 0. The lowest BCUT2D eigenvalue weighted by atomic mass is 10.3. The Kier molecular flexibility index (Phi) is 4.65. The van der Waals surface area contributed by atoms with Crippen molar-refractivity contribution in [2.75, 3.05) is 6.61 Å². The van der Waals surface area contributed by atoms with Crippen molar-refractivity contribution in [2.24, 2.45) is 0 Å². The molecule has 1 heterocycles. The number of unbranched alkanes of at least 4 members (excludes halogenated alkanes) is 1. The molecule has 1 aromatic carbocycles. The highest BCUT2D eigenvalue weighted by Gasteiger charge is 2.23. The van der Waals surface area contributed by atoms with Gasteiger partial charge in [0.05, 0.1) is 5.52 Å². The number of benzene rings is 1. The van der Waals surface area contributed by atoms with Gasteiger partial charge in [-0.15, -0.1) is 4.52 Å². The number of nitrogens with one attached hydrogen (secondary N) is 2. The molecule has 0 saturated carbocycles. The molecule has 0 bridgehead atoms. The Hall–Kier alpha value is -1.98. The molecule has 0 radical (unpaired) electrons. The fourth-order valence-electron chi connectivity index (χ4n) is 1.58. The van der Waals surface area contributed by atoms with E-state index in [1.807, 2.05) is 6.92 Å². The van der Waals surface area contributed by atoms with E-state index in [-0.39, 0.29) is 11.3 Å². The first kappa shape index (κ1) is 14.4. The molecular weight excluding hydrogens is 283 g/mol. The second kappa shape index (κ2) is 6.45. The van der Waals surface area contributed by atoms with Crippen LogP contribution in [0.1, 0.15) is 19.8 Å². The molecule has 0 spiro atoms. The van der Waals surface area contributed by atoms with Crippen molar-refractivity contribution in [2.45, 2.75) is 19.8 Å². The largest absolute Gasteiger partial charge is 0.750 e. The van der Waals surface area contributed by atoms with Gasteiger partial charge in [0, 0.05) is 4.57 Å². The van der Waals surface area contributed by atoms with Crippen molar-refractivity contribution in [3.63, 3.8) is 0 Å². The molecule has 1 atom stereocenters. The van der Waals surface area contributed by atoms with Crippen molar-refractivity contribution < 1.29 is 13.6 Å². The molecule has 1 unspecified atom stereocenters. The minimum atomic E-state index is -2.32. The van der Waals surface area contributed by atoms with Crippen LogP contribution in [0.5, 0.6) is 5.75 Å². The third-order valence-corrected chi connectivity index (χ3v) is 3.33. The van der Waals surface area contributed by atoms with Gasteiger partial charge in [0.25, 0.3) is 0 Å². The number of fused-ring (bicyclic) bond motifs is 1. The zero-order chi connectivity index (χ0) is 14.5. The van der Waals surface area contributed by atoms with Crippen LogP contribution in [0.3, 0.4) is 0 Å². The first-order valence-corrected chi connectivity index (χ1v) is 7.25. The highest BCUT2D eigenvalue weighted by atomic mass is 31.1. The molecule has 8 heteroatoms. The van der Waals surface area contributed by atoms with Gasteiger partial charge in [-0.3, -0.25) is 9.59 Å². The summed E-state index contributed by atoms with van der Waals surface area (Å²) in [6.07, 6.45) is 1.70. The van der Waals surface area contributed by atoms with E-state index >= 15 is 0 Å².